The van der Waals surface area contributed by atoms with Crippen molar-refractivity contribution < 1.29 is 19.1 Å². The van der Waals surface area contributed by atoms with Crippen LogP contribution in [0.15, 0.2) is 24.3 Å². The first kappa shape index (κ1) is 19.4. The molecule has 1 heterocycles. The van der Waals surface area contributed by atoms with Gasteiger partial charge in [-0.25, -0.2) is 4.79 Å². The lowest BCUT2D eigenvalue weighted by molar-refractivity contribution is 0.0512. The Labute approximate surface area is 153 Å². The van der Waals surface area contributed by atoms with E-state index in [9.17, 15) is 14.4 Å². The summed E-state index contributed by atoms with van der Waals surface area (Å²) in [5.41, 5.74) is 3.35. The Hall–Kier alpha value is -2.89. The van der Waals surface area contributed by atoms with E-state index in [2.05, 4.69) is 5.32 Å². The fourth-order valence-corrected chi connectivity index (χ4v) is 3.07. The number of nitrogens with zero attached hydrogens (tertiary/aromatic N) is 1. The van der Waals surface area contributed by atoms with Crippen molar-refractivity contribution in [2.45, 2.75) is 41.2 Å². The predicted octanol–water partition coefficient (Wildman–Crippen LogP) is 3.76. The summed E-state index contributed by atoms with van der Waals surface area (Å²) in [7, 11) is 0. The molecule has 0 aliphatic heterocycles. The largest absolute Gasteiger partial charge is 0.461 e. The normalized spacial score (nSPS) is 10.5. The molecule has 1 amide bonds. The van der Waals surface area contributed by atoms with Gasteiger partial charge in [-0.2, -0.15) is 0 Å². The van der Waals surface area contributed by atoms with E-state index in [4.69, 9.17) is 4.74 Å². The SMILES string of the molecule is CCOC(=O)c1c(C)c(C(=O)Nc2ccc(C(C)=O)cc2)c(C)n1CC. The van der Waals surface area contributed by atoms with Crippen LogP contribution in [0.1, 0.15) is 63.2 Å². The fraction of sp³-hybridized carbons (Fsp3) is 0.350. The van der Waals surface area contributed by atoms with Crippen LogP contribution in [0, 0.1) is 13.8 Å². The van der Waals surface area contributed by atoms with Crippen molar-refractivity contribution in [3.05, 3.63) is 52.3 Å². The molecule has 26 heavy (non-hydrogen) atoms. The lowest BCUT2D eigenvalue weighted by atomic mass is 10.1. The van der Waals surface area contributed by atoms with Gasteiger partial charge in [0.2, 0.25) is 0 Å². The van der Waals surface area contributed by atoms with Crippen molar-refractivity contribution in [2.75, 3.05) is 11.9 Å². The summed E-state index contributed by atoms with van der Waals surface area (Å²) in [6.07, 6.45) is 0. The van der Waals surface area contributed by atoms with E-state index in [1.54, 1.807) is 42.7 Å². The third-order valence-corrected chi connectivity index (χ3v) is 4.33. The number of amides is 1. The molecule has 0 saturated heterocycles. The van der Waals surface area contributed by atoms with E-state index in [-0.39, 0.29) is 18.3 Å². The monoisotopic (exact) mass is 356 g/mol. The van der Waals surface area contributed by atoms with Crippen LogP contribution in [0.2, 0.25) is 0 Å². The van der Waals surface area contributed by atoms with Gasteiger partial charge in [0.05, 0.1) is 12.2 Å². The summed E-state index contributed by atoms with van der Waals surface area (Å²) in [6, 6.07) is 6.70. The minimum atomic E-state index is -0.431. The minimum absolute atomic E-state index is 0.0336. The Morgan fingerprint density at radius 3 is 2.19 bits per heavy atom. The standard InChI is InChI=1S/C20H24N2O4/c1-6-22-13(4)17(12(3)18(22)20(25)26-7-2)19(24)21-16-10-8-15(9-11-16)14(5)23/h8-11H,6-7H2,1-5H3,(H,21,24). The van der Waals surface area contributed by atoms with Gasteiger partial charge < -0.3 is 14.6 Å². The number of Topliss-reactive ketones (excluding diaryl/α,β-unsaturated/α-hetero) is 1. The van der Waals surface area contributed by atoms with E-state index >= 15 is 0 Å². The second kappa shape index (κ2) is 7.99. The number of carbonyl (C=O) groups is 3. The lowest BCUT2D eigenvalue weighted by Gasteiger charge is -2.08. The molecule has 0 atom stereocenters. The average Bonchev–Trinajstić information content (AvgIpc) is 2.85. The molecule has 1 aromatic heterocycles. The number of ketones is 1. The number of rotatable bonds is 6. The van der Waals surface area contributed by atoms with Gasteiger partial charge in [0, 0.05) is 23.5 Å². The summed E-state index contributed by atoms with van der Waals surface area (Å²) in [5.74, 6) is -0.762. The lowest BCUT2D eigenvalue weighted by Crippen LogP contribution is -2.14. The van der Waals surface area contributed by atoms with E-state index in [0.29, 0.717) is 40.3 Å². The Kier molecular flexibility index (Phi) is 5.97. The molecule has 0 saturated carbocycles. The quantitative estimate of drug-likeness (QED) is 0.631. The Morgan fingerprint density at radius 2 is 1.69 bits per heavy atom. The molecule has 0 bridgehead atoms. The molecule has 1 N–H and O–H groups in total. The molecule has 0 aliphatic rings. The second-order valence-corrected chi connectivity index (χ2v) is 5.99. The Balaban J connectivity index is 2.36. The first-order valence-electron chi connectivity index (χ1n) is 8.60. The maximum absolute atomic E-state index is 12.8. The van der Waals surface area contributed by atoms with Gasteiger partial charge in [-0.3, -0.25) is 9.59 Å². The van der Waals surface area contributed by atoms with Crippen LogP contribution in [0.25, 0.3) is 0 Å². The van der Waals surface area contributed by atoms with E-state index < -0.39 is 5.97 Å². The highest BCUT2D eigenvalue weighted by molar-refractivity contribution is 6.08. The molecule has 138 valence electrons. The molecular weight excluding hydrogens is 332 g/mol. The summed E-state index contributed by atoms with van der Waals surface area (Å²) < 4.78 is 6.92. The van der Waals surface area contributed by atoms with Crippen molar-refractivity contribution in [3.8, 4) is 0 Å². The molecule has 0 unspecified atom stereocenters. The van der Waals surface area contributed by atoms with Crippen LogP contribution in [0.5, 0.6) is 0 Å². The van der Waals surface area contributed by atoms with Gasteiger partial charge in [-0.15, -0.1) is 0 Å². The number of nitrogens with one attached hydrogen (secondary N) is 1. The Bertz CT molecular complexity index is 848. The topological polar surface area (TPSA) is 77.4 Å². The predicted molar refractivity (Wildman–Crippen MR) is 99.9 cm³/mol. The molecule has 0 spiro atoms. The third kappa shape index (κ3) is 3.69. The van der Waals surface area contributed by atoms with Crippen molar-refractivity contribution in [1.29, 1.82) is 0 Å². The van der Waals surface area contributed by atoms with Gasteiger partial charge in [0.25, 0.3) is 5.91 Å². The summed E-state index contributed by atoms with van der Waals surface area (Å²) in [4.78, 5) is 36.4. The van der Waals surface area contributed by atoms with Gasteiger partial charge in [-0.1, -0.05) is 0 Å². The molecule has 2 rings (SSSR count). The van der Waals surface area contributed by atoms with Crippen LogP contribution >= 0.6 is 0 Å². The zero-order chi connectivity index (χ0) is 19.4. The van der Waals surface area contributed by atoms with Crippen LogP contribution in [0.3, 0.4) is 0 Å². The van der Waals surface area contributed by atoms with Crippen LogP contribution < -0.4 is 5.32 Å². The molecule has 6 nitrogen and oxygen atoms in total. The van der Waals surface area contributed by atoms with Crippen LogP contribution in [0.4, 0.5) is 5.69 Å². The minimum Gasteiger partial charge on any atom is -0.461 e. The first-order chi connectivity index (χ1) is 12.3. The zero-order valence-corrected chi connectivity index (χ0v) is 15.8. The van der Waals surface area contributed by atoms with E-state index in [0.717, 1.165) is 0 Å². The highest BCUT2D eigenvalue weighted by Gasteiger charge is 2.26. The highest BCUT2D eigenvalue weighted by atomic mass is 16.5. The number of anilines is 1. The third-order valence-electron chi connectivity index (χ3n) is 4.33. The van der Waals surface area contributed by atoms with E-state index in [1.165, 1.54) is 6.92 Å². The van der Waals surface area contributed by atoms with Crippen molar-refractivity contribution >= 4 is 23.3 Å². The summed E-state index contributed by atoms with van der Waals surface area (Å²) in [6.45, 7) is 9.55. The summed E-state index contributed by atoms with van der Waals surface area (Å²) in [5, 5.41) is 2.83. The molecule has 0 fully saturated rings. The molecule has 6 heteroatoms. The van der Waals surface area contributed by atoms with Crippen molar-refractivity contribution in [3.63, 3.8) is 0 Å². The average molecular weight is 356 g/mol. The molecule has 2 aromatic rings. The first-order valence-corrected chi connectivity index (χ1v) is 8.60. The zero-order valence-electron chi connectivity index (χ0n) is 15.8. The maximum Gasteiger partial charge on any atom is 0.355 e. The highest BCUT2D eigenvalue weighted by Crippen LogP contribution is 2.24. The maximum atomic E-state index is 12.8. The molecule has 0 aliphatic carbocycles. The smallest absolute Gasteiger partial charge is 0.355 e. The number of carbonyl (C=O) groups excluding carboxylic acids is 3. The number of hydrogen-bond donors (Lipinski definition) is 1. The molecular formula is C20H24N2O4. The van der Waals surface area contributed by atoms with Gasteiger partial charge in [0.1, 0.15) is 5.69 Å². The number of benzene rings is 1. The van der Waals surface area contributed by atoms with Crippen LogP contribution in [-0.4, -0.2) is 28.8 Å². The molecule has 0 radical (unpaired) electrons. The Morgan fingerprint density at radius 1 is 1.08 bits per heavy atom. The number of ether oxygens (including phenoxy) is 1. The van der Waals surface area contributed by atoms with Gasteiger partial charge in [0.15, 0.2) is 5.78 Å². The van der Waals surface area contributed by atoms with E-state index in [1.807, 2.05) is 13.8 Å². The van der Waals surface area contributed by atoms with Gasteiger partial charge in [-0.05, 0) is 64.4 Å². The van der Waals surface area contributed by atoms with Crippen LogP contribution in [-0.2, 0) is 11.3 Å². The van der Waals surface area contributed by atoms with Crippen molar-refractivity contribution in [1.82, 2.24) is 4.57 Å². The number of esters is 1. The molecule has 1 aromatic carbocycles. The number of hydrogen-bond acceptors (Lipinski definition) is 4. The van der Waals surface area contributed by atoms with Crippen molar-refractivity contribution in [2.24, 2.45) is 0 Å². The van der Waals surface area contributed by atoms with Gasteiger partial charge >= 0.3 is 5.97 Å². The second-order valence-electron chi connectivity index (χ2n) is 5.99. The number of aromatic nitrogens is 1. The fourth-order valence-electron chi connectivity index (χ4n) is 3.07. The summed E-state index contributed by atoms with van der Waals surface area (Å²) >= 11 is 0.